The molecule has 74 valence electrons. The molecule has 3 heteroatoms. The maximum Gasteiger partial charge on any atom is 0.0957 e. The molecule has 0 atom stereocenters. The van der Waals surface area contributed by atoms with E-state index in [1.54, 1.807) is 11.8 Å². The van der Waals surface area contributed by atoms with Gasteiger partial charge in [-0.3, -0.25) is 4.99 Å². The molecule has 0 saturated carbocycles. The number of aliphatic imine (C=N–C) groups is 1. The third-order valence-electron chi connectivity index (χ3n) is 2.40. The molecule has 2 heterocycles. The van der Waals surface area contributed by atoms with Crippen LogP contribution in [0.3, 0.4) is 0 Å². The monoisotopic (exact) mass is 206 g/mol. The molecule has 2 rings (SSSR count). The third kappa shape index (κ3) is 2.15. The first-order chi connectivity index (χ1) is 6.90. The molecular formula is C11H14N2S. The zero-order valence-electron chi connectivity index (χ0n) is 8.36. The van der Waals surface area contributed by atoms with Crippen LogP contribution in [0.4, 0.5) is 0 Å². The third-order valence-corrected chi connectivity index (χ3v) is 3.06. The lowest BCUT2D eigenvalue weighted by molar-refractivity contribution is 0.738. The topological polar surface area (TPSA) is 25.2 Å². The number of pyridine rings is 1. The first-order valence-corrected chi connectivity index (χ1v) is 6.16. The number of hydrogen-bond acceptors (Lipinski definition) is 3. The van der Waals surface area contributed by atoms with Gasteiger partial charge in [0.05, 0.1) is 5.03 Å². The van der Waals surface area contributed by atoms with Crippen LogP contribution >= 0.6 is 11.8 Å². The highest BCUT2D eigenvalue weighted by Gasteiger charge is 2.07. The van der Waals surface area contributed by atoms with Crippen LogP contribution in [0.25, 0.3) is 0 Å². The van der Waals surface area contributed by atoms with Gasteiger partial charge in [0, 0.05) is 24.0 Å². The quantitative estimate of drug-likeness (QED) is 0.695. The Labute approximate surface area is 88.9 Å². The molecule has 2 nitrogen and oxygen atoms in total. The van der Waals surface area contributed by atoms with Crippen molar-refractivity contribution in [1.82, 2.24) is 4.98 Å². The largest absolute Gasteiger partial charge is 0.289 e. The van der Waals surface area contributed by atoms with Gasteiger partial charge in [0.25, 0.3) is 0 Å². The maximum atomic E-state index is 4.53. The van der Waals surface area contributed by atoms with E-state index in [9.17, 15) is 0 Å². The molecule has 0 bridgehead atoms. The lowest BCUT2D eigenvalue weighted by Gasteiger charge is -2.11. The predicted molar refractivity (Wildman–Crippen MR) is 61.3 cm³/mol. The molecule has 0 saturated heterocycles. The minimum absolute atomic E-state index is 0.986. The van der Waals surface area contributed by atoms with Crippen molar-refractivity contribution in [2.75, 3.05) is 12.8 Å². The SMILES string of the molecule is CSc1ccc(C2=NCCCC2)cn1. The van der Waals surface area contributed by atoms with Gasteiger partial charge >= 0.3 is 0 Å². The molecule has 0 fully saturated rings. The van der Waals surface area contributed by atoms with E-state index in [1.165, 1.54) is 24.1 Å². The van der Waals surface area contributed by atoms with Crippen molar-refractivity contribution in [1.29, 1.82) is 0 Å². The van der Waals surface area contributed by atoms with Gasteiger partial charge in [-0.15, -0.1) is 11.8 Å². The molecule has 0 unspecified atom stereocenters. The summed E-state index contributed by atoms with van der Waals surface area (Å²) in [6, 6.07) is 4.19. The van der Waals surface area contributed by atoms with Crippen LogP contribution in [0.1, 0.15) is 24.8 Å². The van der Waals surface area contributed by atoms with Crippen LogP contribution in [0.5, 0.6) is 0 Å². The zero-order valence-corrected chi connectivity index (χ0v) is 9.18. The first-order valence-electron chi connectivity index (χ1n) is 4.94. The van der Waals surface area contributed by atoms with Crippen molar-refractivity contribution in [2.45, 2.75) is 24.3 Å². The Morgan fingerprint density at radius 1 is 1.29 bits per heavy atom. The summed E-state index contributed by atoms with van der Waals surface area (Å²) < 4.78 is 0. The molecule has 0 radical (unpaired) electrons. The average Bonchev–Trinajstić information content (AvgIpc) is 2.30. The Bertz CT molecular complexity index is 330. The standard InChI is InChI=1S/C11H14N2S/c1-14-11-6-5-9(8-13-11)10-4-2-3-7-12-10/h5-6,8H,2-4,7H2,1H3. The Balaban J connectivity index is 2.19. The summed E-state index contributed by atoms with van der Waals surface area (Å²) in [7, 11) is 0. The smallest absolute Gasteiger partial charge is 0.0957 e. The zero-order chi connectivity index (χ0) is 9.80. The lowest BCUT2D eigenvalue weighted by atomic mass is 10.0. The molecule has 1 aliphatic heterocycles. The molecule has 0 aliphatic carbocycles. The van der Waals surface area contributed by atoms with Gasteiger partial charge in [-0.25, -0.2) is 4.98 Å². The minimum atomic E-state index is 0.986. The van der Waals surface area contributed by atoms with Crippen LogP contribution in [0, 0.1) is 0 Å². The molecule has 0 amide bonds. The van der Waals surface area contributed by atoms with Crippen LogP contribution in [-0.4, -0.2) is 23.5 Å². The maximum absolute atomic E-state index is 4.53. The molecule has 0 aromatic carbocycles. The summed E-state index contributed by atoms with van der Waals surface area (Å²) in [5.41, 5.74) is 2.43. The Morgan fingerprint density at radius 3 is 2.79 bits per heavy atom. The van der Waals surface area contributed by atoms with Crippen molar-refractivity contribution in [3.63, 3.8) is 0 Å². The van der Waals surface area contributed by atoms with Crippen molar-refractivity contribution >= 4 is 17.5 Å². The van der Waals surface area contributed by atoms with Crippen LogP contribution in [-0.2, 0) is 0 Å². The Morgan fingerprint density at radius 2 is 2.21 bits per heavy atom. The van der Waals surface area contributed by atoms with Crippen molar-refractivity contribution in [3.8, 4) is 0 Å². The summed E-state index contributed by atoms with van der Waals surface area (Å²) >= 11 is 1.67. The predicted octanol–water partition coefficient (Wildman–Crippen LogP) is 2.78. The highest BCUT2D eigenvalue weighted by atomic mass is 32.2. The molecule has 1 aromatic rings. The number of rotatable bonds is 2. The highest BCUT2D eigenvalue weighted by Crippen LogP contribution is 2.15. The normalized spacial score (nSPS) is 16.5. The van der Waals surface area contributed by atoms with Gasteiger partial charge in [-0.1, -0.05) is 0 Å². The Hall–Kier alpha value is -0.830. The van der Waals surface area contributed by atoms with Crippen molar-refractivity contribution in [3.05, 3.63) is 23.9 Å². The number of aromatic nitrogens is 1. The fourth-order valence-electron chi connectivity index (χ4n) is 1.60. The summed E-state index contributed by atoms with van der Waals surface area (Å²) in [6.45, 7) is 0.986. The number of thioether (sulfide) groups is 1. The van der Waals surface area contributed by atoms with E-state index in [4.69, 9.17) is 0 Å². The van der Waals surface area contributed by atoms with E-state index < -0.39 is 0 Å². The summed E-state index contributed by atoms with van der Waals surface area (Å²) in [6.07, 6.45) is 7.60. The molecule has 0 spiro atoms. The Kier molecular flexibility index (Phi) is 3.19. The second-order valence-corrected chi connectivity index (χ2v) is 4.20. The first kappa shape index (κ1) is 9.71. The van der Waals surface area contributed by atoms with Crippen LogP contribution < -0.4 is 0 Å². The van der Waals surface area contributed by atoms with Gasteiger partial charge in [0.2, 0.25) is 0 Å². The fourth-order valence-corrected chi connectivity index (χ4v) is 1.97. The molecular weight excluding hydrogens is 192 g/mol. The van der Waals surface area contributed by atoms with Gasteiger partial charge in [-0.05, 0) is 37.7 Å². The second kappa shape index (κ2) is 4.60. The second-order valence-electron chi connectivity index (χ2n) is 3.37. The summed E-state index contributed by atoms with van der Waals surface area (Å²) in [5.74, 6) is 0. The van der Waals surface area contributed by atoms with E-state index in [2.05, 4.69) is 22.1 Å². The van der Waals surface area contributed by atoms with Gasteiger partial charge in [0.1, 0.15) is 0 Å². The van der Waals surface area contributed by atoms with E-state index in [1.807, 2.05) is 12.5 Å². The van der Waals surface area contributed by atoms with E-state index in [0.717, 1.165) is 18.0 Å². The minimum Gasteiger partial charge on any atom is -0.289 e. The fraction of sp³-hybridized carbons (Fsp3) is 0.455. The molecule has 1 aromatic heterocycles. The average molecular weight is 206 g/mol. The molecule has 14 heavy (non-hydrogen) atoms. The summed E-state index contributed by atoms with van der Waals surface area (Å²) in [5, 5.41) is 1.07. The van der Waals surface area contributed by atoms with Crippen molar-refractivity contribution in [2.24, 2.45) is 4.99 Å². The highest BCUT2D eigenvalue weighted by molar-refractivity contribution is 7.98. The van der Waals surface area contributed by atoms with Gasteiger partial charge < -0.3 is 0 Å². The number of hydrogen-bond donors (Lipinski definition) is 0. The summed E-state index contributed by atoms with van der Waals surface area (Å²) in [4.78, 5) is 8.88. The van der Waals surface area contributed by atoms with Crippen LogP contribution in [0.2, 0.25) is 0 Å². The van der Waals surface area contributed by atoms with Crippen molar-refractivity contribution < 1.29 is 0 Å². The molecule has 1 aliphatic rings. The van der Waals surface area contributed by atoms with E-state index in [-0.39, 0.29) is 0 Å². The van der Waals surface area contributed by atoms with E-state index >= 15 is 0 Å². The van der Waals surface area contributed by atoms with E-state index in [0.29, 0.717) is 0 Å². The molecule has 0 N–H and O–H groups in total. The van der Waals surface area contributed by atoms with Gasteiger partial charge in [0.15, 0.2) is 0 Å². The van der Waals surface area contributed by atoms with Crippen LogP contribution in [0.15, 0.2) is 28.3 Å². The number of nitrogens with zero attached hydrogens (tertiary/aromatic N) is 2. The lowest BCUT2D eigenvalue weighted by Crippen LogP contribution is -2.07. The van der Waals surface area contributed by atoms with Gasteiger partial charge in [-0.2, -0.15) is 0 Å².